The molecular weight excluding hydrogens is 326 g/mol. The van der Waals surface area contributed by atoms with Gasteiger partial charge in [0.05, 0.1) is 5.52 Å². The second-order valence-corrected chi connectivity index (χ2v) is 7.84. The minimum Gasteiger partial charge on any atom is -0.367 e. The summed E-state index contributed by atoms with van der Waals surface area (Å²) in [7, 11) is 0. The maximum absolute atomic E-state index is 4.81. The first-order valence-corrected chi connectivity index (χ1v) is 10.1. The average Bonchev–Trinajstić information content (AvgIpc) is 3.14. The van der Waals surface area contributed by atoms with Gasteiger partial charge >= 0.3 is 0 Å². The van der Waals surface area contributed by atoms with Crippen molar-refractivity contribution in [2.45, 2.75) is 51.2 Å². The van der Waals surface area contributed by atoms with Gasteiger partial charge in [0.1, 0.15) is 5.82 Å². The van der Waals surface area contributed by atoms with E-state index in [1.807, 2.05) is 0 Å². The number of pyridine rings is 1. The van der Waals surface area contributed by atoms with Crippen LogP contribution in [0.3, 0.4) is 0 Å². The number of rotatable bonds is 5. The molecule has 0 amide bonds. The summed E-state index contributed by atoms with van der Waals surface area (Å²) in [5, 5.41) is 13.0. The van der Waals surface area contributed by atoms with Crippen molar-refractivity contribution in [2.75, 3.05) is 5.32 Å². The molecule has 0 saturated heterocycles. The van der Waals surface area contributed by atoms with E-state index in [-0.39, 0.29) is 0 Å². The first kappa shape index (κ1) is 16.6. The minimum atomic E-state index is 0.502. The SMILES string of the molecule is Cc1cc(N[C@H]2CCC[C@H](NCc3ccsc3)C2)nc2ccccc12. The van der Waals surface area contributed by atoms with Gasteiger partial charge in [0.15, 0.2) is 0 Å². The van der Waals surface area contributed by atoms with Crippen LogP contribution in [-0.2, 0) is 6.54 Å². The van der Waals surface area contributed by atoms with E-state index in [4.69, 9.17) is 4.98 Å². The molecule has 1 aliphatic carbocycles. The van der Waals surface area contributed by atoms with E-state index in [2.05, 4.69) is 64.7 Å². The molecule has 0 bridgehead atoms. The Labute approximate surface area is 153 Å². The lowest BCUT2D eigenvalue weighted by atomic mass is 9.91. The number of nitrogens with one attached hydrogen (secondary N) is 2. The highest BCUT2D eigenvalue weighted by Crippen LogP contribution is 2.25. The van der Waals surface area contributed by atoms with Crippen LogP contribution in [0.15, 0.2) is 47.2 Å². The Bertz CT molecular complexity index is 828. The van der Waals surface area contributed by atoms with Crippen LogP contribution in [0.5, 0.6) is 0 Å². The van der Waals surface area contributed by atoms with Gasteiger partial charge in [-0.15, -0.1) is 0 Å². The smallest absolute Gasteiger partial charge is 0.127 e. The predicted molar refractivity (Wildman–Crippen MR) is 107 cm³/mol. The zero-order valence-electron chi connectivity index (χ0n) is 14.7. The van der Waals surface area contributed by atoms with Crippen molar-refractivity contribution in [2.24, 2.45) is 0 Å². The Hall–Kier alpha value is -1.91. The lowest BCUT2D eigenvalue weighted by Gasteiger charge is -2.31. The summed E-state index contributed by atoms with van der Waals surface area (Å²) in [6.07, 6.45) is 4.93. The third-order valence-electron chi connectivity index (χ3n) is 5.12. The molecule has 0 aliphatic heterocycles. The largest absolute Gasteiger partial charge is 0.367 e. The van der Waals surface area contributed by atoms with Gasteiger partial charge in [-0.1, -0.05) is 18.2 Å². The summed E-state index contributed by atoms with van der Waals surface area (Å²) in [4.78, 5) is 4.81. The fourth-order valence-electron chi connectivity index (χ4n) is 3.79. The summed E-state index contributed by atoms with van der Waals surface area (Å²) in [6, 6.07) is 13.9. The number of aryl methyl sites for hydroxylation is 1. The topological polar surface area (TPSA) is 37.0 Å². The third-order valence-corrected chi connectivity index (χ3v) is 5.86. The van der Waals surface area contributed by atoms with Crippen molar-refractivity contribution in [1.29, 1.82) is 0 Å². The molecule has 4 rings (SSSR count). The van der Waals surface area contributed by atoms with E-state index in [1.54, 1.807) is 11.3 Å². The molecule has 1 saturated carbocycles. The van der Waals surface area contributed by atoms with Gasteiger partial charge in [0.25, 0.3) is 0 Å². The quantitative estimate of drug-likeness (QED) is 0.670. The van der Waals surface area contributed by atoms with Crippen LogP contribution in [0, 0.1) is 6.92 Å². The third kappa shape index (κ3) is 4.02. The standard InChI is InChI=1S/C21H25N3S/c1-15-11-21(24-20-8-3-2-7-19(15)20)23-18-6-4-5-17(12-18)22-13-16-9-10-25-14-16/h2-3,7-11,14,17-18,22H,4-6,12-13H2,1H3,(H,23,24)/t17-,18-/m0/s1. The van der Waals surface area contributed by atoms with E-state index in [0.717, 1.165) is 24.3 Å². The summed E-state index contributed by atoms with van der Waals surface area (Å²) in [6.45, 7) is 3.15. The highest BCUT2D eigenvalue weighted by molar-refractivity contribution is 7.07. The van der Waals surface area contributed by atoms with E-state index < -0.39 is 0 Å². The Morgan fingerprint density at radius 2 is 2.04 bits per heavy atom. The van der Waals surface area contributed by atoms with Crippen LogP contribution in [0.1, 0.15) is 36.8 Å². The Morgan fingerprint density at radius 1 is 1.16 bits per heavy atom. The normalized spacial score (nSPS) is 20.7. The summed E-state index contributed by atoms with van der Waals surface area (Å²) >= 11 is 1.77. The molecule has 2 aromatic heterocycles. The Balaban J connectivity index is 1.40. The van der Waals surface area contributed by atoms with Crippen molar-refractivity contribution >= 4 is 28.1 Å². The van der Waals surface area contributed by atoms with Gasteiger partial charge in [-0.3, -0.25) is 0 Å². The molecule has 0 spiro atoms. The molecule has 1 fully saturated rings. The number of aromatic nitrogens is 1. The van der Waals surface area contributed by atoms with Crippen molar-refractivity contribution in [3.8, 4) is 0 Å². The van der Waals surface area contributed by atoms with Gasteiger partial charge in [0, 0.05) is 24.0 Å². The van der Waals surface area contributed by atoms with Gasteiger partial charge in [-0.05, 0) is 72.7 Å². The number of nitrogens with zero attached hydrogens (tertiary/aromatic N) is 1. The van der Waals surface area contributed by atoms with Crippen molar-refractivity contribution < 1.29 is 0 Å². The lowest BCUT2D eigenvalue weighted by Crippen LogP contribution is -2.38. The second-order valence-electron chi connectivity index (χ2n) is 7.06. The minimum absolute atomic E-state index is 0.502. The van der Waals surface area contributed by atoms with Crippen LogP contribution in [0.4, 0.5) is 5.82 Å². The Kier molecular flexibility index (Phi) is 4.99. The first-order chi connectivity index (χ1) is 12.3. The molecule has 2 atom stereocenters. The van der Waals surface area contributed by atoms with Crippen LogP contribution >= 0.6 is 11.3 Å². The molecule has 25 heavy (non-hydrogen) atoms. The number of benzene rings is 1. The van der Waals surface area contributed by atoms with E-state index in [9.17, 15) is 0 Å². The molecular formula is C21H25N3S. The summed E-state index contributed by atoms with van der Waals surface area (Å²) in [5.41, 5.74) is 3.76. The van der Waals surface area contributed by atoms with E-state index in [0.29, 0.717) is 12.1 Å². The Morgan fingerprint density at radius 3 is 2.92 bits per heavy atom. The molecule has 3 nitrogen and oxygen atoms in total. The molecule has 0 unspecified atom stereocenters. The number of hydrogen-bond acceptors (Lipinski definition) is 4. The molecule has 4 heteroatoms. The van der Waals surface area contributed by atoms with Crippen molar-refractivity contribution in [3.05, 3.63) is 58.3 Å². The molecule has 2 N–H and O–H groups in total. The van der Waals surface area contributed by atoms with Gasteiger partial charge in [-0.2, -0.15) is 11.3 Å². The first-order valence-electron chi connectivity index (χ1n) is 9.15. The zero-order valence-corrected chi connectivity index (χ0v) is 15.5. The number of fused-ring (bicyclic) bond motifs is 1. The number of para-hydroxylation sites is 1. The fourth-order valence-corrected chi connectivity index (χ4v) is 4.46. The average molecular weight is 352 g/mol. The van der Waals surface area contributed by atoms with Crippen molar-refractivity contribution in [1.82, 2.24) is 10.3 Å². The monoisotopic (exact) mass is 351 g/mol. The highest BCUT2D eigenvalue weighted by Gasteiger charge is 2.22. The maximum atomic E-state index is 4.81. The number of thiophene rings is 1. The highest BCUT2D eigenvalue weighted by atomic mass is 32.1. The molecule has 0 radical (unpaired) electrons. The van der Waals surface area contributed by atoms with Crippen LogP contribution in [0.2, 0.25) is 0 Å². The number of hydrogen-bond donors (Lipinski definition) is 2. The molecule has 1 aliphatic rings. The van der Waals surface area contributed by atoms with Crippen LogP contribution in [0.25, 0.3) is 10.9 Å². The van der Waals surface area contributed by atoms with Gasteiger partial charge in [-0.25, -0.2) is 4.98 Å². The van der Waals surface area contributed by atoms with Crippen molar-refractivity contribution in [3.63, 3.8) is 0 Å². The molecule has 130 valence electrons. The maximum Gasteiger partial charge on any atom is 0.127 e. The van der Waals surface area contributed by atoms with Gasteiger partial charge in [0.2, 0.25) is 0 Å². The molecule has 1 aromatic carbocycles. The predicted octanol–water partition coefficient (Wildman–Crippen LogP) is 5.12. The zero-order chi connectivity index (χ0) is 17.1. The van der Waals surface area contributed by atoms with E-state index >= 15 is 0 Å². The summed E-state index contributed by atoms with van der Waals surface area (Å²) in [5.74, 6) is 1.01. The fraction of sp³-hybridized carbons (Fsp3) is 0.381. The van der Waals surface area contributed by atoms with Crippen LogP contribution in [-0.4, -0.2) is 17.1 Å². The number of anilines is 1. The lowest BCUT2D eigenvalue weighted by molar-refractivity contribution is 0.350. The van der Waals surface area contributed by atoms with Gasteiger partial charge < -0.3 is 10.6 Å². The molecule has 3 aromatic rings. The molecule has 2 heterocycles. The summed E-state index contributed by atoms with van der Waals surface area (Å²) < 4.78 is 0. The van der Waals surface area contributed by atoms with Crippen LogP contribution < -0.4 is 10.6 Å². The van der Waals surface area contributed by atoms with E-state index in [1.165, 1.54) is 35.8 Å². The second kappa shape index (κ2) is 7.54.